The van der Waals surface area contributed by atoms with Gasteiger partial charge in [-0.25, -0.2) is 40.2 Å². The fraction of sp³-hybridized carbons (Fsp3) is 0.413. The molecule has 7 rings (SSSR count). The third-order valence-electron chi connectivity index (χ3n) is 12.9. The molecular weight excluding hydrogens is 1110 g/mol. The third kappa shape index (κ3) is 11.5. The van der Waals surface area contributed by atoms with Gasteiger partial charge >= 0.3 is 30.3 Å². The van der Waals surface area contributed by atoms with E-state index in [9.17, 15) is 81.4 Å². The Hall–Kier alpha value is -7.00. The lowest BCUT2D eigenvalue weighted by Gasteiger charge is -2.34. The number of nitrogens with zero attached hydrogens (tertiary/aromatic N) is 6. The van der Waals surface area contributed by atoms with Crippen LogP contribution >= 0.6 is 11.6 Å². The Labute approximate surface area is 434 Å². The molecule has 2 aliphatic carbocycles. The summed E-state index contributed by atoms with van der Waals surface area (Å²) in [5.74, 6) is -10.5. The van der Waals surface area contributed by atoms with Gasteiger partial charge < -0.3 is 20.8 Å². The van der Waals surface area contributed by atoms with Gasteiger partial charge in [-0.3, -0.25) is 19.0 Å². The summed E-state index contributed by atoms with van der Waals surface area (Å²) >= 11 is 6.60. The van der Waals surface area contributed by atoms with Gasteiger partial charge in [0.1, 0.15) is 46.4 Å². The van der Waals surface area contributed by atoms with E-state index in [-0.39, 0.29) is 37.8 Å². The monoisotopic (exact) mass is 1150 g/mol. The first-order chi connectivity index (χ1) is 35.2. The van der Waals surface area contributed by atoms with Crippen LogP contribution < -0.4 is 14.9 Å². The largest absolute Gasteiger partial charge is 0.481 e. The fourth-order valence-electron chi connectivity index (χ4n) is 8.93. The highest BCUT2D eigenvalue weighted by Gasteiger charge is 2.63. The molecule has 3 heterocycles. The van der Waals surface area contributed by atoms with Gasteiger partial charge in [0.15, 0.2) is 21.3 Å². The molecule has 77 heavy (non-hydrogen) atoms. The third-order valence-corrected chi connectivity index (χ3v) is 16.1. The summed E-state index contributed by atoms with van der Waals surface area (Å²) in [6.45, 7) is -0.420. The van der Waals surface area contributed by atoms with Crippen LogP contribution in [0.2, 0.25) is 5.02 Å². The summed E-state index contributed by atoms with van der Waals surface area (Å²) in [5, 5.41) is 29.1. The van der Waals surface area contributed by atoms with E-state index >= 15 is 8.78 Å². The lowest BCUT2D eigenvalue weighted by Crippen LogP contribution is -2.58. The van der Waals surface area contributed by atoms with Crippen LogP contribution in [0, 0.1) is 29.4 Å². The van der Waals surface area contributed by atoms with Crippen molar-refractivity contribution in [2.75, 3.05) is 16.8 Å². The average molecular weight is 1160 g/mol. The van der Waals surface area contributed by atoms with Crippen molar-refractivity contribution < 1.29 is 90.1 Å². The maximum atomic E-state index is 15.9. The number of amides is 3. The molecule has 3 aromatic heterocycles. The van der Waals surface area contributed by atoms with E-state index < -0.39 is 183 Å². The smallest absolute Gasteiger partial charge is 0.435 e. The molecule has 0 radical (unpaired) electrons. The second-order valence-corrected chi connectivity index (χ2v) is 23.8. The van der Waals surface area contributed by atoms with Crippen LogP contribution in [-0.4, -0.2) is 104 Å². The molecule has 0 saturated heterocycles. The van der Waals surface area contributed by atoms with Crippen LogP contribution in [0.25, 0.3) is 22.0 Å². The summed E-state index contributed by atoms with van der Waals surface area (Å²) in [6, 6.07) is 2.20. The number of hydrogen-bond acceptors (Lipinski definition) is 11. The maximum Gasteiger partial charge on any atom is 0.435 e. The van der Waals surface area contributed by atoms with E-state index in [0.29, 0.717) is 19.2 Å². The molecule has 18 nitrogen and oxygen atoms in total. The second kappa shape index (κ2) is 19.8. The number of carboxylic acids is 2. The molecule has 3 amide bonds. The highest BCUT2D eigenvalue weighted by molar-refractivity contribution is 7.93. The molecule has 1 fully saturated rings. The van der Waals surface area contributed by atoms with Gasteiger partial charge in [0, 0.05) is 34.9 Å². The van der Waals surface area contributed by atoms with Crippen molar-refractivity contribution in [2.24, 2.45) is 5.92 Å². The predicted octanol–water partition coefficient (Wildman–Crippen LogP) is 7.48. The van der Waals surface area contributed by atoms with Gasteiger partial charge in [0.05, 0.1) is 40.3 Å². The Bertz CT molecular complexity index is 3580. The Morgan fingerprint density at radius 1 is 0.909 bits per heavy atom. The topological polar surface area (TPSA) is 253 Å². The predicted molar refractivity (Wildman–Crippen MR) is 252 cm³/mol. The Morgan fingerprint density at radius 2 is 1.53 bits per heavy atom. The second-order valence-electron chi connectivity index (χ2n) is 19.0. The van der Waals surface area contributed by atoms with Crippen molar-refractivity contribution in [1.82, 2.24) is 35.2 Å². The first-order valence-electron chi connectivity index (χ1n) is 22.3. The number of carbonyl (C=O) groups excluding carboxylic acids is 2. The minimum atomic E-state index is -5.27. The number of urea groups is 1. The fourth-order valence-corrected chi connectivity index (χ4v) is 10.2. The molecule has 414 valence electrons. The van der Waals surface area contributed by atoms with E-state index in [2.05, 4.69) is 32.3 Å². The number of nitrogens with one attached hydrogen (secondary N) is 2. The van der Waals surface area contributed by atoms with E-state index in [1.807, 2.05) is 0 Å². The Kier molecular flexibility index (Phi) is 14.8. The lowest BCUT2D eigenvalue weighted by molar-refractivity contribution is -0.150. The zero-order chi connectivity index (χ0) is 57.5. The van der Waals surface area contributed by atoms with Crippen LogP contribution in [-0.2, 0) is 65.9 Å². The van der Waals surface area contributed by atoms with Gasteiger partial charge in [-0.15, -0.1) is 0 Å². The highest BCUT2D eigenvalue weighted by Crippen LogP contribution is 2.64. The number of rotatable bonds is 15. The van der Waals surface area contributed by atoms with Gasteiger partial charge in [0.25, 0.3) is 5.92 Å². The number of carboxylic acid groups (broad SMARTS) is 2. The van der Waals surface area contributed by atoms with E-state index in [0.717, 1.165) is 42.7 Å². The van der Waals surface area contributed by atoms with Crippen LogP contribution in [0.1, 0.15) is 85.9 Å². The van der Waals surface area contributed by atoms with Crippen LogP contribution in [0.5, 0.6) is 0 Å². The number of sulfonamides is 1. The van der Waals surface area contributed by atoms with Gasteiger partial charge in [-0.2, -0.15) is 49.6 Å². The standard InChI is InChI=1S/C46H41ClF10N8O10S2/c1-42(2,76(4,72)73)13-12-24-6-7-25(26-9-11-29(47)34-36(26)64(20-44(50,51)52)62-39(34)65(77(5,74)75)41(71)60-43(3,40(69)70)18-32(67)68)35(58-24)30(16-21-14-22(48)17-23(49)15-21)59-31(66)19-63-38-33(37(61-63)46(55,56)57)27-8-10-28(27)45(38,53)54/h6-7,9,11,14-15,17,27-28,30H,8,10,16,18-20H2,1-5H3,(H,59,66)(H,60,71)(H,67,68)(H,69,70)/t27-,28+,30-,43-/m0/s1. The Morgan fingerprint density at radius 3 is 2.06 bits per heavy atom. The summed E-state index contributed by atoms with van der Waals surface area (Å²) in [4.78, 5) is 56.5. The molecule has 5 aromatic rings. The number of benzene rings is 2. The van der Waals surface area contributed by atoms with Crippen molar-refractivity contribution in [3.05, 3.63) is 93.0 Å². The molecular formula is C46H41ClF10N8O10S2. The molecule has 2 aromatic carbocycles. The number of carbonyl (C=O) groups is 4. The number of pyridine rings is 1. The molecule has 4 atom stereocenters. The number of aliphatic carboxylic acids is 2. The lowest BCUT2D eigenvalue weighted by atomic mass is 9.73. The number of sulfone groups is 1. The van der Waals surface area contributed by atoms with E-state index in [1.165, 1.54) is 13.8 Å². The van der Waals surface area contributed by atoms with Crippen molar-refractivity contribution in [3.8, 4) is 23.0 Å². The number of alkyl halides is 8. The van der Waals surface area contributed by atoms with Crippen LogP contribution in [0.15, 0.2) is 42.5 Å². The molecule has 1 saturated carbocycles. The quantitative estimate of drug-likeness (QED) is 0.0587. The maximum absolute atomic E-state index is 15.9. The van der Waals surface area contributed by atoms with Crippen LogP contribution in [0.4, 0.5) is 54.5 Å². The molecule has 0 aliphatic heterocycles. The van der Waals surface area contributed by atoms with E-state index in [1.54, 1.807) is 5.32 Å². The summed E-state index contributed by atoms with van der Waals surface area (Å²) in [5.41, 5.74) is -9.43. The zero-order valence-corrected chi connectivity index (χ0v) is 42.7. The average Bonchev–Trinajstić information content (AvgIpc) is 3.83. The molecule has 2 aliphatic rings. The summed E-state index contributed by atoms with van der Waals surface area (Å²) in [7, 11) is -9.11. The summed E-state index contributed by atoms with van der Waals surface area (Å²) in [6.07, 6.45) is -11.7. The van der Waals surface area contributed by atoms with Gasteiger partial charge in [-0.1, -0.05) is 23.6 Å². The SMILES string of the molecule is CC(C)(C#Cc1ccc(-c2ccc(Cl)c3c(N(C(=O)N[C@@](C)(CC(=O)O)C(=O)O)S(C)(=O)=O)nn(CC(F)(F)F)c23)c([C@H](Cc2cc(F)cc(F)c2)NC(=O)Cn2nc(C(F)(F)F)c3c2C(F)(F)[C@@H]2CC[C@H]32)n1)S(C)(=O)=O. The zero-order valence-electron chi connectivity index (χ0n) is 40.3. The molecule has 0 bridgehead atoms. The molecule has 31 heteroatoms. The Balaban J connectivity index is 1.50. The highest BCUT2D eigenvalue weighted by atomic mass is 35.5. The van der Waals surface area contributed by atoms with Crippen molar-refractivity contribution in [1.29, 1.82) is 0 Å². The number of anilines is 1. The van der Waals surface area contributed by atoms with Crippen molar-refractivity contribution >= 4 is 72.1 Å². The summed E-state index contributed by atoms with van der Waals surface area (Å²) < 4.78 is 199. The number of fused-ring (bicyclic) bond motifs is 4. The number of halogens is 11. The normalized spacial score (nSPS) is 17.5. The van der Waals surface area contributed by atoms with Gasteiger partial charge in [0.2, 0.25) is 15.9 Å². The van der Waals surface area contributed by atoms with Crippen LogP contribution in [0.3, 0.4) is 0 Å². The number of hydrogen-bond donors (Lipinski definition) is 4. The minimum absolute atomic E-state index is 0.0483. The molecule has 0 unspecified atom stereocenters. The first-order valence-corrected chi connectivity index (χ1v) is 26.4. The first kappa shape index (κ1) is 57.7. The van der Waals surface area contributed by atoms with Crippen molar-refractivity contribution in [2.45, 2.75) is 100 Å². The molecule has 4 N–H and O–H groups in total. The molecule has 0 spiro atoms. The van der Waals surface area contributed by atoms with E-state index in [4.69, 9.17) is 11.6 Å². The van der Waals surface area contributed by atoms with Crippen molar-refractivity contribution in [3.63, 3.8) is 0 Å². The van der Waals surface area contributed by atoms with Gasteiger partial charge in [-0.05, 0) is 87.8 Å². The minimum Gasteiger partial charge on any atom is -0.481 e. The number of aromatic nitrogens is 5.